The molecule has 1 aromatic carbocycles. The third kappa shape index (κ3) is 4.49. The van der Waals surface area contributed by atoms with Crippen molar-refractivity contribution in [2.24, 2.45) is 5.92 Å². The summed E-state index contributed by atoms with van der Waals surface area (Å²) in [7, 11) is 0. The fraction of sp³-hybridized carbons (Fsp3) is 0.579. The molecule has 24 heavy (non-hydrogen) atoms. The van der Waals surface area contributed by atoms with Gasteiger partial charge in [-0.1, -0.05) is 6.92 Å². The normalized spacial score (nSPS) is 20.5. The molecule has 2 amide bonds. The third-order valence-electron chi connectivity index (χ3n) is 4.69. The van der Waals surface area contributed by atoms with Crippen LogP contribution in [0.5, 0.6) is 5.75 Å². The summed E-state index contributed by atoms with van der Waals surface area (Å²) in [4.78, 5) is 25.7. The van der Waals surface area contributed by atoms with E-state index in [0.717, 1.165) is 44.5 Å². The molecule has 1 N–H and O–H groups in total. The molecule has 0 spiro atoms. The van der Waals surface area contributed by atoms with E-state index < -0.39 is 0 Å². The third-order valence-corrected chi connectivity index (χ3v) is 4.69. The molecule has 1 saturated heterocycles. The lowest BCUT2D eigenvalue weighted by molar-refractivity contribution is -0.132. The Balaban J connectivity index is 1.47. The molecular weight excluding hydrogens is 304 g/mol. The predicted molar refractivity (Wildman–Crippen MR) is 92.0 cm³/mol. The van der Waals surface area contributed by atoms with Crippen LogP contribution in [0.3, 0.4) is 0 Å². The van der Waals surface area contributed by atoms with Crippen molar-refractivity contribution in [3.63, 3.8) is 0 Å². The van der Waals surface area contributed by atoms with E-state index in [9.17, 15) is 9.59 Å². The van der Waals surface area contributed by atoms with Crippen LogP contribution in [0.4, 0.5) is 0 Å². The number of rotatable bonds is 6. The minimum Gasteiger partial charge on any atom is -0.493 e. The predicted octanol–water partition coefficient (Wildman–Crippen LogP) is 2.61. The van der Waals surface area contributed by atoms with Gasteiger partial charge in [-0.2, -0.15) is 0 Å². The van der Waals surface area contributed by atoms with Crippen molar-refractivity contribution in [3.05, 3.63) is 29.8 Å². The zero-order valence-electron chi connectivity index (χ0n) is 14.3. The number of hydrogen-bond acceptors (Lipinski definition) is 3. The van der Waals surface area contributed by atoms with Gasteiger partial charge in [0.05, 0.1) is 6.61 Å². The summed E-state index contributed by atoms with van der Waals surface area (Å²) in [5, 5.41) is 2.98. The lowest BCUT2D eigenvalue weighted by atomic mass is 9.99. The number of carbonyl (C=O) groups is 2. The Hall–Kier alpha value is -2.04. The Kier molecular flexibility index (Phi) is 5.38. The van der Waals surface area contributed by atoms with Gasteiger partial charge in [-0.15, -0.1) is 0 Å². The van der Waals surface area contributed by atoms with E-state index in [1.165, 1.54) is 0 Å². The highest BCUT2D eigenvalue weighted by atomic mass is 16.5. The van der Waals surface area contributed by atoms with Crippen LogP contribution in [0.15, 0.2) is 24.3 Å². The van der Waals surface area contributed by atoms with E-state index in [1.54, 1.807) is 12.1 Å². The standard InChI is InChI=1S/C19H26N2O3/c1-2-18(22)21-11-3-4-14(12-21)13-24-17-9-5-15(6-10-17)19(23)20-16-7-8-16/h5-6,9-10,14,16H,2-4,7-8,11-13H2,1H3,(H,20,23)/t14-/m0/s1. The van der Waals surface area contributed by atoms with E-state index in [4.69, 9.17) is 4.74 Å². The smallest absolute Gasteiger partial charge is 0.251 e. The molecule has 2 aliphatic rings. The first-order valence-corrected chi connectivity index (χ1v) is 8.97. The van der Waals surface area contributed by atoms with Gasteiger partial charge < -0.3 is 15.0 Å². The largest absolute Gasteiger partial charge is 0.493 e. The van der Waals surface area contributed by atoms with Crippen LogP contribution in [0.25, 0.3) is 0 Å². The minimum atomic E-state index is -0.00921. The maximum Gasteiger partial charge on any atom is 0.251 e. The van der Waals surface area contributed by atoms with Gasteiger partial charge >= 0.3 is 0 Å². The van der Waals surface area contributed by atoms with Gasteiger partial charge in [-0.25, -0.2) is 0 Å². The number of hydrogen-bond donors (Lipinski definition) is 1. The number of nitrogens with one attached hydrogen (secondary N) is 1. The topological polar surface area (TPSA) is 58.6 Å². The molecule has 5 nitrogen and oxygen atoms in total. The summed E-state index contributed by atoms with van der Waals surface area (Å²) in [5.41, 5.74) is 0.673. The highest BCUT2D eigenvalue weighted by Gasteiger charge is 2.24. The average molecular weight is 330 g/mol. The molecule has 0 unspecified atom stereocenters. The van der Waals surface area contributed by atoms with Crippen LogP contribution >= 0.6 is 0 Å². The van der Waals surface area contributed by atoms with Crippen LogP contribution in [0.2, 0.25) is 0 Å². The van der Waals surface area contributed by atoms with Crippen LogP contribution in [0.1, 0.15) is 49.4 Å². The molecule has 1 atom stereocenters. The molecule has 1 aliphatic heterocycles. The number of piperidine rings is 1. The Labute approximate surface area is 143 Å². The van der Waals surface area contributed by atoms with Crippen LogP contribution in [-0.2, 0) is 4.79 Å². The second-order valence-corrected chi connectivity index (χ2v) is 6.78. The maximum absolute atomic E-state index is 12.0. The van der Waals surface area contributed by atoms with Gasteiger partial charge in [-0.05, 0) is 49.9 Å². The van der Waals surface area contributed by atoms with Crippen molar-refractivity contribution in [1.82, 2.24) is 10.2 Å². The van der Waals surface area contributed by atoms with E-state index in [-0.39, 0.29) is 11.8 Å². The number of amides is 2. The summed E-state index contributed by atoms with van der Waals surface area (Å²) in [6.07, 6.45) is 4.88. The second kappa shape index (κ2) is 7.69. The molecule has 0 bridgehead atoms. The van der Waals surface area contributed by atoms with Crippen molar-refractivity contribution in [1.29, 1.82) is 0 Å². The fourth-order valence-electron chi connectivity index (χ4n) is 3.06. The average Bonchev–Trinajstić information content (AvgIpc) is 3.44. The monoisotopic (exact) mass is 330 g/mol. The molecule has 1 aromatic rings. The van der Waals surface area contributed by atoms with Crippen molar-refractivity contribution < 1.29 is 14.3 Å². The van der Waals surface area contributed by atoms with Crippen molar-refractivity contribution in [3.8, 4) is 5.75 Å². The summed E-state index contributed by atoms with van der Waals surface area (Å²) >= 11 is 0. The Morgan fingerprint density at radius 2 is 1.96 bits per heavy atom. The van der Waals surface area contributed by atoms with Crippen LogP contribution in [-0.4, -0.2) is 42.5 Å². The molecule has 1 aliphatic carbocycles. The fourth-order valence-corrected chi connectivity index (χ4v) is 3.06. The first-order valence-electron chi connectivity index (χ1n) is 8.97. The number of carbonyl (C=O) groups excluding carboxylic acids is 2. The van der Waals surface area contributed by atoms with E-state index in [2.05, 4.69) is 5.32 Å². The molecule has 5 heteroatoms. The molecule has 2 fully saturated rings. The summed E-state index contributed by atoms with van der Waals surface area (Å²) in [5.74, 6) is 1.37. The van der Waals surface area contributed by atoms with Gasteiger partial charge in [0.25, 0.3) is 5.91 Å². The Morgan fingerprint density at radius 3 is 2.62 bits per heavy atom. The zero-order chi connectivity index (χ0) is 16.9. The van der Waals surface area contributed by atoms with Gasteiger partial charge in [0.1, 0.15) is 5.75 Å². The minimum absolute atomic E-state index is 0.00921. The highest BCUT2D eigenvalue weighted by molar-refractivity contribution is 5.94. The second-order valence-electron chi connectivity index (χ2n) is 6.78. The van der Waals surface area contributed by atoms with Gasteiger partial charge in [0, 0.05) is 37.0 Å². The summed E-state index contributed by atoms with van der Waals surface area (Å²) in [6, 6.07) is 7.68. The van der Waals surface area contributed by atoms with Crippen molar-refractivity contribution >= 4 is 11.8 Å². The van der Waals surface area contributed by atoms with Crippen LogP contribution < -0.4 is 10.1 Å². The molecular formula is C19H26N2O3. The molecule has 130 valence electrons. The molecule has 0 radical (unpaired) electrons. The quantitative estimate of drug-likeness (QED) is 0.872. The number of benzene rings is 1. The van der Waals surface area contributed by atoms with Gasteiger partial charge in [0.15, 0.2) is 0 Å². The zero-order valence-corrected chi connectivity index (χ0v) is 14.3. The van der Waals surface area contributed by atoms with E-state index >= 15 is 0 Å². The van der Waals surface area contributed by atoms with E-state index in [1.807, 2.05) is 24.0 Å². The first kappa shape index (κ1) is 16.8. The van der Waals surface area contributed by atoms with Crippen molar-refractivity contribution in [2.75, 3.05) is 19.7 Å². The van der Waals surface area contributed by atoms with Gasteiger partial charge in [0.2, 0.25) is 5.91 Å². The highest BCUT2D eigenvalue weighted by Crippen LogP contribution is 2.21. The van der Waals surface area contributed by atoms with Crippen molar-refractivity contribution in [2.45, 2.75) is 45.1 Å². The van der Waals surface area contributed by atoms with Gasteiger partial charge in [-0.3, -0.25) is 9.59 Å². The van der Waals surface area contributed by atoms with E-state index in [0.29, 0.717) is 30.6 Å². The number of nitrogens with zero attached hydrogens (tertiary/aromatic N) is 1. The summed E-state index contributed by atoms with van der Waals surface area (Å²) < 4.78 is 5.87. The number of likely N-dealkylation sites (tertiary alicyclic amines) is 1. The lowest BCUT2D eigenvalue weighted by Gasteiger charge is -2.32. The summed E-state index contributed by atoms with van der Waals surface area (Å²) in [6.45, 7) is 4.17. The Bertz CT molecular complexity index is 581. The molecule has 1 heterocycles. The SMILES string of the molecule is CCC(=O)N1CCC[C@H](COc2ccc(C(=O)NC3CC3)cc2)C1. The molecule has 3 rings (SSSR count). The van der Waals surface area contributed by atoms with Crippen LogP contribution in [0, 0.1) is 5.92 Å². The maximum atomic E-state index is 12.0. The number of ether oxygens (including phenoxy) is 1. The lowest BCUT2D eigenvalue weighted by Crippen LogP contribution is -2.41. The molecule has 1 saturated carbocycles. The molecule has 0 aromatic heterocycles. The first-order chi connectivity index (χ1) is 11.7. The Morgan fingerprint density at radius 1 is 1.21 bits per heavy atom.